The summed E-state index contributed by atoms with van der Waals surface area (Å²) >= 11 is 0. The van der Waals surface area contributed by atoms with Crippen LogP contribution in [0.4, 0.5) is 13.2 Å². The van der Waals surface area contributed by atoms with Gasteiger partial charge in [0.2, 0.25) is 0 Å². The third kappa shape index (κ3) is 7.61. The molecule has 0 aliphatic carbocycles. The van der Waals surface area contributed by atoms with Crippen molar-refractivity contribution in [2.24, 2.45) is 5.73 Å². The Morgan fingerprint density at radius 2 is 1.85 bits per heavy atom. The number of nitrogens with two attached hydrogens (primary N) is 1. The van der Waals surface area contributed by atoms with Gasteiger partial charge in [0.1, 0.15) is 13.0 Å². The van der Waals surface area contributed by atoms with Gasteiger partial charge < -0.3 is 10.5 Å². The lowest BCUT2D eigenvalue weighted by atomic mass is 10.4. The molecule has 0 aromatic carbocycles. The van der Waals surface area contributed by atoms with Gasteiger partial charge in [0, 0.05) is 6.54 Å². The number of halogens is 4. The number of carbonyl (C=O) groups is 1. The third-order valence-electron chi connectivity index (χ3n) is 0.886. The van der Waals surface area contributed by atoms with Gasteiger partial charge in [-0.25, -0.2) is 4.39 Å². The van der Waals surface area contributed by atoms with Gasteiger partial charge in [-0.05, 0) is 0 Å². The van der Waals surface area contributed by atoms with E-state index in [4.69, 9.17) is 5.73 Å². The second-order valence-corrected chi connectivity index (χ2v) is 1.85. The van der Waals surface area contributed by atoms with Gasteiger partial charge in [-0.2, -0.15) is 8.78 Å². The van der Waals surface area contributed by atoms with E-state index in [0.717, 1.165) is 0 Å². The summed E-state index contributed by atoms with van der Waals surface area (Å²) in [5.41, 5.74) is 4.94. The molecule has 0 rings (SSSR count). The molecule has 3 nitrogen and oxygen atoms in total. The summed E-state index contributed by atoms with van der Waals surface area (Å²) in [7, 11) is 0. The van der Waals surface area contributed by atoms with E-state index >= 15 is 0 Å². The second kappa shape index (κ2) is 7.88. The largest absolute Gasteiger partial charge is 0.464 e. The first kappa shape index (κ1) is 14.8. The van der Waals surface area contributed by atoms with Gasteiger partial charge in [-0.3, -0.25) is 4.79 Å². The smallest absolute Gasteiger partial charge is 0.312 e. The lowest BCUT2D eigenvalue weighted by molar-refractivity contribution is -0.142. The van der Waals surface area contributed by atoms with Crippen LogP contribution in [0.1, 0.15) is 6.42 Å². The van der Waals surface area contributed by atoms with E-state index in [0.29, 0.717) is 0 Å². The van der Waals surface area contributed by atoms with Crippen molar-refractivity contribution < 1.29 is 22.7 Å². The number of rotatable bonds is 4. The molecule has 0 aliphatic heterocycles. The van der Waals surface area contributed by atoms with Crippen LogP contribution in [-0.2, 0) is 9.53 Å². The van der Waals surface area contributed by atoms with E-state index in [2.05, 4.69) is 4.74 Å². The molecule has 0 aliphatic rings. The Balaban J connectivity index is 0. The zero-order valence-corrected chi connectivity index (χ0v) is 7.37. The predicted octanol–water partition coefficient (Wildman–Crippen LogP) is 1.38. The Bertz CT molecular complexity index is 194. The highest BCUT2D eigenvalue weighted by atomic mass is 35.5. The summed E-state index contributed by atoms with van der Waals surface area (Å²) in [6.45, 7) is -0.0187. The molecule has 13 heavy (non-hydrogen) atoms. The Labute approximate surface area is 79.1 Å². The number of ether oxygens (including phenoxy) is 1. The third-order valence-corrected chi connectivity index (χ3v) is 0.886. The van der Waals surface area contributed by atoms with E-state index in [1.807, 2.05) is 0 Å². The van der Waals surface area contributed by atoms with Gasteiger partial charge >= 0.3 is 12.0 Å². The molecule has 7 heteroatoms. The number of carbonyl (C=O) groups excluding carboxylic acids is 1. The van der Waals surface area contributed by atoms with E-state index in [9.17, 15) is 18.0 Å². The highest BCUT2D eigenvalue weighted by Gasteiger charge is 2.11. The van der Waals surface area contributed by atoms with E-state index < -0.39 is 24.3 Å². The zero-order chi connectivity index (χ0) is 9.56. The molecule has 0 heterocycles. The molecule has 0 aromatic rings. The van der Waals surface area contributed by atoms with E-state index in [-0.39, 0.29) is 25.6 Å². The fraction of sp³-hybridized carbons (Fsp3) is 0.500. The highest BCUT2D eigenvalue weighted by molar-refractivity contribution is 5.85. The normalized spacial score (nSPS) is 8.62. The number of hydrogen-bond donors (Lipinski definition) is 1. The minimum atomic E-state index is -2.50. The molecule has 0 bridgehead atoms. The molecule has 0 spiro atoms. The van der Waals surface area contributed by atoms with Crippen molar-refractivity contribution in [1.29, 1.82) is 0 Å². The molecule has 0 amide bonds. The van der Waals surface area contributed by atoms with E-state index in [1.165, 1.54) is 0 Å². The summed E-state index contributed by atoms with van der Waals surface area (Å²) in [5.74, 6) is -2.82. The Hall–Kier alpha value is -0.750. The zero-order valence-electron chi connectivity index (χ0n) is 6.56. The average molecular weight is 220 g/mol. The first-order valence-electron chi connectivity index (χ1n) is 3.13. The standard InChI is InChI=1S/C6H8F3NO2.ClH/c7-4(6(8)9)3-5(11)12-2-1-10;/h1-3,10H2;1H. The van der Waals surface area contributed by atoms with Crippen LogP contribution in [0.2, 0.25) is 0 Å². The lowest BCUT2D eigenvalue weighted by Crippen LogP contribution is -2.13. The molecule has 0 unspecified atom stereocenters. The molecule has 2 N–H and O–H groups in total. The summed E-state index contributed by atoms with van der Waals surface area (Å²) in [6.07, 6.45) is -3.54. The summed E-state index contributed by atoms with van der Waals surface area (Å²) < 4.78 is 39.0. The fourth-order valence-electron chi connectivity index (χ4n) is 0.417. The van der Waals surface area contributed by atoms with Crippen LogP contribution in [0.3, 0.4) is 0 Å². The maximum Gasteiger partial charge on any atom is 0.312 e. The first-order chi connectivity index (χ1) is 5.57. The van der Waals surface area contributed by atoms with Crippen LogP contribution >= 0.6 is 12.4 Å². The van der Waals surface area contributed by atoms with Crippen LogP contribution in [0.25, 0.3) is 0 Å². The van der Waals surface area contributed by atoms with Crippen LogP contribution in [0, 0.1) is 0 Å². The van der Waals surface area contributed by atoms with Gasteiger partial charge in [0.15, 0.2) is 5.83 Å². The van der Waals surface area contributed by atoms with Crippen molar-refractivity contribution in [3.05, 3.63) is 11.9 Å². The highest BCUT2D eigenvalue weighted by Crippen LogP contribution is 2.13. The van der Waals surface area contributed by atoms with Crippen LogP contribution in [0.5, 0.6) is 0 Å². The van der Waals surface area contributed by atoms with E-state index in [1.54, 1.807) is 0 Å². The summed E-state index contributed by atoms with van der Waals surface area (Å²) in [5, 5.41) is 0. The van der Waals surface area contributed by atoms with Crippen molar-refractivity contribution in [3.63, 3.8) is 0 Å². The van der Waals surface area contributed by atoms with Crippen molar-refractivity contribution >= 4 is 18.4 Å². The first-order valence-corrected chi connectivity index (χ1v) is 3.13. The fourth-order valence-corrected chi connectivity index (χ4v) is 0.417. The topological polar surface area (TPSA) is 52.3 Å². The van der Waals surface area contributed by atoms with Gasteiger partial charge in [0.25, 0.3) is 0 Å². The monoisotopic (exact) mass is 219 g/mol. The molecule has 0 aromatic heterocycles. The molecule has 0 atom stereocenters. The quantitative estimate of drug-likeness (QED) is 0.727. The van der Waals surface area contributed by atoms with Crippen LogP contribution in [-0.4, -0.2) is 19.1 Å². The Kier molecular flexibility index (Phi) is 8.94. The lowest BCUT2D eigenvalue weighted by Gasteiger charge is -1.99. The molecule has 0 radical (unpaired) electrons. The molecule has 78 valence electrons. The van der Waals surface area contributed by atoms with Crippen LogP contribution in [0.15, 0.2) is 11.9 Å². The Morgan fingerprint density at radius 1 is 1.31 bits per heavy atom. The van der Waals surface area contributed by atoms with Gasteiger partial charge in [-0.1, -0.05) is 0 Å². The van der Waals surface area contributed by atoms with Gasteiger partial charge in [-0.15, -0.1) is 12.4 Å². The molecule has 0 fully saturated rings. The predicted molar refractivity (Wildman–Crippen MR) is 42.2 cm³/mol. The summed E-state index contributed by atoms with van der Waals surface area (Å²) in [4.78, 5) is 10.4. The maximum atomic E-state index is 12.0. The minimum Gasteiger partial charge on any atom is -0.464 e. The van der Waals surface area contributed by atoms with Crippen LogP contribution < -0.4 is 5.73 Å². The number of hydrogen-bond acceptors (Lipinski definition) is 3. The van der Waals surface area contributed by atoms with Crippen molar-refractivity contribution in [2.45, 2.75) is 6.42 Å². The van der Waals surface area contributed by atoms with Gasteiger partial charge in [0.05, 0.1) is 0 Å². The average Bonchev–Trinajstić information content (AvgIpc) is 2.00. The molecular weight excluding hydrogens is 211 g/mol. The van der Waals surface area contributed by atoms with Crippen molar-refractivity contribution in [1.82, 2.24) is 0 Å². The molecule has 0 saturated carbocycles. The Morgan fingerprint density at radius 3 is 2.23 bits per heavy atom. The SMILES string of the molecule is Cl.NCCOC(=O)CC(F)=C(F)F. The molecule has 0 saturated heterocycles. The second-order valence-electron chi connectivity index (χ2n) is 1.85. The maximum absolute atomic E-state index is 12.0. The number of esters is 1. The minimum absolute atomic E-state index is 0. The van der Waals surface area contributed by atoms with Crippen molar-refractivity contribution in [2.75, 3.05) is 13.2 Å². The molecular formula is C6H9ClF3NO2. The summed E-state index contributed by atoms with van der Waals surface area (Å²) in [6, 6.07) is 0. The van der Waals surface area contributed by atoms with Crippen molar-refractivity contribution in [3.8, 4) is 0 Å².